The lowest BCUT2D eigenvalue weighted by Gasteiger charge is -2.14. The summed E-state index contributed by atoms with van der Waals surface area (Å²) in [6.45, 7) is 10.1. The molecule has 0 aromatic carbocycles. The van der Waals surface area contributed by atoms with E-state index in [1.807, 2.05) is 0 Å². The number of nitrogens with zero attached hydrogens (tertiary/aromatic N) is 3. The molecule has 3 rings (SSSR count). The molecule has 2 aromatic rings. The second-order valence-electron chi connectivity index (χ2n) is 5.72. The minimum Gasteiger partial charge on any atom is -0.311 e. The van der Waals surface area contributed by atoms with E-state index in [1.165, 1.54) is 49.5 Å². The quantitative estimate of drug-likeness (QED) is 0.831. The zero-order valence-electron chi connectivity index (χ0n) is 12.5. The van der Waals surface area contributed by atoms with Gasteiger partial charge in [0.05, 0.1) is 11.4 Å². The van der Waals surface area contributed by atoms with Gasteiger partial charge in [0.25, 0.3) is 0 Å². The number of imidazole rings is 1. The maximum absolute atomic E-state index is 4.63. The van der Waals surface area contributed by atoms with Crippen LogP contribution < -0.4 is 5.32 Å². The molecule has 1 N–H and O–H groups in total. The average Bonchev–Trinajstić information content (AvgIpc) is 3.08. The van der Waals surface area contributed by atoms with Crippen LogP contribution in [0.5, 0.6) is 0 Å². The van der Waals surface area contributed by atoms with Crippen LogP contribution in [0.2, 0.25) is 0 Å². The number of likely N-dealkylation sites (tertiary alicyclic amines) is 1. The lowest BCUT2D eigenvalue weighted by atomic mass is 10.3. The number of rotatable bonds is 6. The Hall–Kier alpha value is -0.910. The number of aromatic nitrogens is 2. The van der Waals surface area contributed by atoms with Crippen LogP contribution in [0.15, 0.2) is 6.20 Å². The van der Waals surface area contributed by atoms with Crippen LogP contribution in [0.1, 0.15) is 35.5 Å². The van der Waals surface area contributed by atoms with Crippen molar-refractivity contribution in [2.45, 2.75) is 39.7 Å². The molecule has 1 aliphatic rings. The second-order valence-corrected chi connectivity index (χ2v) is 6.93. The zero-order valence-corrected chi connectivity index (χ0v) is 13.3. The summed E-state index contributed by atoms with van der Waals surface area (Å²) in [7, 11) is 0. The van der Waals surface area contributed by atoms with Gasteiger partial charge < -0.3 is 10.2 Å². The maximum atomic E-state index is 4.63. The fourth-order valence-electron chi connectivity index (χ4n) is 2.96. The second kappa shape index (κ2) is 6.24. The maximum Gasteiger partial charge on any atom is 0.194 e. The molecule has 0 amide bonds. The van der Waals surface area contributed by atoms with E-state index in [9.17, 15) is 0 Å². The largest absolute Gasteiger partial charge is 0.311 e. The van der Waals surface area contributed by atoms with E-state index in [0.717, 1.165) is 23.7 Å². The van der Waals surface area contributed by atoms with Gasteiger partial charge in [0.1, 0.15) is 0 Å². The third kappa shape index (κ3) is 3.05. The summed E-state index contributed by atoms with van der Waals surface area (Å²) in [6.07, 6.45) is 6.21. The van der Waals surface area contributed by atoms with E-state index < -0.39 is 0 Å². The molecule has 3 heterocycles. The van der Waals surface area contributed by atoms with E-state index in [4.69, 9.17) is 0 Å². The van der Waals surface area contributed by atoms with Crippen molar-refractivity contribution in [1.82, 2.24) is 19.6 Å². The first kappa shape index (κ1) is 14.0. The van der Waals surface area contributed by atoms with Crippen molar-refractivity contribution in [2.24, 2.45) is 0 Å². The summed E-state index contributed by atoms with van der Waals surface area (Å²) in [5.41, 5.74) is 2.47. The molecule has 0 spiro atoms. The topological polar surface area (TPSA) is 32.6 Å². The van der Waals surface area contributed by atoms with Crippen LogP contribution in [0, 0.1) is 13.8 Å². The summed E-state index contributed by atoms with van der Waals surface area (Å²) in [5.74, 6) is 0. The lowest BCUT2D eigenvalue weighted by molar-refractivity contribution is 0.331. The van der Waals surface area contributed by atoms with Crippen molar-refractivity contribution in [1.29, 1.82) is 0 Å². The van der Waals surface area contributed by atoms with Crippen LogP contribution in [0.3, 0.4) is 0 Å². The van der Waals surface area contributed by atoms with Crippen LogP contribution in [0.25, 0.3) is 4.96 Å². The molecule has 2 aromatic heterocycles. The molecule has 4 nitrogen and oxygen atoms in total. The molecule has 0 unspecified atom stereocenters. The number of hydrogen-bond acceptors (Lipinski definition) is 4. The molecule has 0 aliphatic carbocycles. The van der Waals surface area contributed by atoms with E-state index in [1.54, 1.807) is 11.3 Å². The van der Waals surface area contributed by atoms with Crippen molar-refractivity contribution >= 4 is 16.3 Å². The van der Waals surface area contributed by atoms with Crippen molar-refractivity contribution in [3.05, 3.63) is 22.5 Å². The predicted octanol–water partition coefficient (Wildman–Crippen LogP) is 2.59. The lowest BCUT2D eigenvalue weighted by Crippen LogP contribution is -2.25. The van der Waals surface area contributed by atoms with Crippen LogP contribution in [0.4, 0.5) is 0 Å². The summed E-state index contributed by atoms with van der Waals surface area (Å²) in [6, 6.07) is 0. The SMILES string of the molecule is Cc1cn2c(CNCCCN3CCCC3)c(C)nc2s1. The Bertz CT molecular complexity index is 566. The highest BCUT2D eigenvalue weighted by Gasteiger charge is 2.12. The van der Waals surface area contributed by atoms with Gasteiger partial charge in [-0.15, -0.1) is 11.3 Å². The van der Waals surface area contributed by atoms with Gasteiger partial charge in [-0.25, -0.2) is 4.98 Å². The Kier molecular flexibility index (Phi) is 4.38. The minimum absolute atomic E-state index is 0.920. The first-order valence-corrected chi connectivity index (χ1v) is 8.43. The first-order chi connectivity index (χ1) is 9.74. The smallest absolute Gasteiger partial charge is 0.194 e. The fraction of sp³-hybridized carbons (Fsp3) is 0.667. The summed E-state index contributed by atoms with van der Waals surface area (Å²) >= 11 is 1.77. The summed E-state index contributed by atoms with van der Waals surface area (Å²) in [4.78, 5) is 9.65. The standard InChI is InChI=1S/C15H24N4S/c1-12-11-19-14(13(2)17-15(19)20-12)10-16-6-5-9-18-7-3-4-8-18/h11,16H,3-10H2,1-2H3. The van der Waals surface area contributed by atoms with Crippen LogP contribution >= 0.6 is 11.3 Å². The monoisotopic (exact) mass is 292 g/mol. The van der Waals surface area contributed by atoms with Gasteiger partial charge in [-0.3, -0.25) is 4.40 Å². The molecule has 0 saturated carbocycles. The molecule has 1 saturated heterocycles. The van der Waals surface area contributed by atoms with Crippen molar-refractivity contribution in [3.63, 3.8) is 0 Å². The Morgan fingerprint density at radius 3 is 2.90 bits per heavy atom. The normalized spacial score (nSPS) is 16.5. The summed E-state index contributed by atoms with van der Waals surface area (Å²) in [5, 5.41) is 3.57. The number of thiazole rings is 1. The first-order valence-electron chi connectivity index (χ1n) is 7.61. The molecule has 0 atom stereocenters. The van der Waals surface area contributed by atoms with Crippen molar-refractivity contribution < 1.29 is 0 Å². The van der Waals surface area contributed by atoms with Crippen LogP contribution in [-0.2, 0) is 6.54 Å². The highest BCUT2D eigenvalue weighted by Crippen LogP contribution is 2.20. The van der Waals surface area contributed by atoms with Crippen molar-refractivity contribution in [3.8, 4) is 0 Å². The van der Waals surface area contributed by atoms with Gasteiger partial charge >= 0.3 is 0 Å². The number of hydrogen-bond donors (Lipinski definition) is 1. The van der Waals surface area contributed by atoms with Gasteiger partial charge in [-0.05, 0) is 59.3 Å². The van der Waals surface area contributed by atoms with Crippen LogP contribution in [-0.4, -0.2) is 40.5 Å². The number of nitrogens with one attached hydrogen (secondary N) is 1. The molecule has 5 heteroatoms. The van der Waals surface area contributed by atoms with Gasteiger partial charge in [-0.1, -0.05) is 0 Å². The molecule has 1 fully saturated rings. The Morgan fingerprint density at radius 2 is 2.10 bits per heavy atom. The molecule has 0 bridgehead atoms. The summed E-state index contributed by atoms with van der Waals surface area (Å²) < 4.78 is 2.24. The van der Waals surface area contributed by atoms with E-state index >= 15 is 0 Å². The van der Waals surface area contributed by atoms with Crippen molar-refractivity contribution in [2.75, 3.05) is 26.2 Å². The highest BCUT2D eigenvalue weighted by molar-refractivity contribution is 7.17. The van der Waals surface area contributed by atoms with Gasteiger partial charge in [0.15, 0.2) is 4.96 Å². The molecular formula is C15H24N4S. The predicted molar refractivity (Wildman–Crippen MR) is 84.5 cm³/mol. The van der Waals surface area contributed by atoms with E-state index in [2.05, 4.69) is 39.6 Å². The fourth-order valence-corrected chi connectivity index (χ4v) is 3.85. The number of aryl methyl sites for hydroxylation is 2. The molecule has 1 aliphatic heterocycles. The Balaban J connectivity index is 1.48. The molecule has 110 valence electrons. The molecular weight excluding hydrogens is 268 g/mol. The highest BCUT2D eigenvalue weighted by atomic mass is 32.1. The Morgan fingerprint density at radius 1 is 1.30 bits per heavy atom. The van der Waals surface area contributed by atoms with Gasteiger partial charge in [-0.2, -0.15) is 0 Å². The third-order valence-electron chi connectivity index (χ3n) is 4.06. The minimum atomic E-state index is 0.920. The molecule has 20 heavy (non-hydrogen) atoms. The van der Waals surface area contributed by atoms with Gasteiger partial charge in [0.2, 0.25) is 0 Å². The Labute approximate surface area is 124 Å². The molecule has 0 radical (unpaired) electrons. The van der Waals surface area contributed by atoms with E-state index in [-0.39, 0.29) is 0 Å². The number of fused-ring (bicyclic) bond motifs is 1. The third-order valence-corrected chi connectivity index (χ3v) is 4.96. The van der Waals surface area contributed by atoms with E-state index in [0.29, 0.717) is 0 Å². The average molecular weight is 292 g/mol. The zero-order chi connectivity index (χ0) is 13.9. The van der Waals surface area contributed by atoms with Gasteiger partial charge in [0, 0.05) is 17.6 Å².